The van der Waals surface area contributed by atoms with E-state index in [0.717, 1.165) is 37.0 Å². The minimum absolute atomic E-state index is 0.246. The average Bonchev–Trinajstić information content (AvgIpc) is 3.03. The number of rotatable bonds is 4. The molecule has 0 aromatic rings. The van der Waals surface area contributed by atoms with Crippen molar-refractivity contribution in [1.82, 2.24) is 0 Å². The van der Waals surface area contributed by atoms with Crippen LogP contribution in [0.4, 0.5) is 0 Å². The van der Waals surface area contributed by atoms with Crippen LogP contribution in [0, 0.1) is 46.3 Å². The molecule has 29 heavy (non-hydrogen) atoms. The molecule has 7 atom stereocenters. The van der Waals surface area contributed by atoms with Gasteiger partial charge in [-0.3, -0.25) is 4.79 Å². The fraction of sp³-hybridized carbons (Fsp3) is 0.750. The molecular formula is C28H42O. The van der Waals surface area contributed by atoms with Gasteiger partial charge in [0.15, 0.2) is 5.78 Å². The summed E-state index contributed by atoms with van der Waals surface area (Å²) in [4.78, 5) is 12.0. The second-order valence-corrected chi connectivity index (χ2v) is 11.6. The molecular weight excluding hydrogens is 352 g/mol. The molecule has 2 saturated carbocycles. The number of hydrogen-bond donors (Lipinski definition) is 0. The number of carbonyl (C=O) groups excluding carboxylic acids is 1. The summed E-state index contributed by atoms with van der Waals surface area (Å²) in [6.45, 7) is 14.6. The van der Waals surface area contributed by atoms with E-state index < -0.39 is 0 Å². The van der Waals surface area contributed by atoms with E-state index in [0.29, 0.717) is 29.0 Å². The first-order chi connectivity index (χ1) is 13.7. The van der Waals surface area contributed by atoms with E-state index in [1.165, 1.54) is 31.3 Å². The van der Waals surface area contributed by atoms with E-state index in [1.807, 2.05) is 6.08 Å². The highest BCUT2D eigenvalue weighted by molar-refractivity contribution is 5.91. The number of hydrogen-bond acceptors (Lipinski definition) is 1. The van der Waals surface area contributed by atoms with Gasteiger partial charge in [0.25, 0.3) is 0 Å². The first-order valence-electron chi connectivity index (χ1n) is 12.3. The maximum absolute atomic E-state index is 12.0. The molecule has 2 fully saturated rings. The summed E-state index contributed by atoms with van der Waals surface area (Å²) in [6, 6.07) is 0. The molecule has 1 nitrogen and oxygen atoms in total. The second-order valence-electron chi connectivity index (χ2n) is 11.6. The monoisotopic (exact) mass is 394 g/mol. The lowest BCUT2D eigenvalue weighted by atomic mass is 9.50. The molecule has 0 saturated heterocycles. The second kappa shape index (κ2) is 7.54. The quantitative estimate of drug-likeness (QED) is 0.450. The SMILES string of the molecule is CC(C)[C@@H](C)/C=C/[C@@H](C)[C@H]1CC[C@H]2C3=CCC4=CC(=O)CC[C@]4(C)[C@H]3CC[C@]12C. The summed E-state index contributed by atoms with van der Waals surface area (Å²) < 4.78 is 0. The zero-order valence-electron chi connectivity index (χ0n) is 19.6. The topological polar surface area (TPSA) is 17.1 Å². The van der Waals surface area contributed by atoms with Crippen LogP contribution in [0.5, 0.6) is 0 Å². The molecule has 0 aromatic heterocycles. The van der Waals surface area contributed by atoms with Gasteiger partial charge in [-0.15, -0.1) is 0 Å². The lowest BCUT2D eigenvalue weighted by molar-refractivity contribution is -0.116. The molecule has 4 aliphatic rings. The molecule has 0 bridgehead atoms. The number of allylic oxidation sites excluding steroid dienone is 6. The maximum atomic E-state index is 12.0. The smallest absolute Gasteiger partial charge is 0.155 e. The van der Waals surface area contributed by atoms with E-state index in [4.69, 9.17) is 0 Å². The molecule has 0 spiro atoms. The van der Waals surface area contributed by atoms with Crippen molar-refractivity contribution in [2.24, 2.45) is 46.3 Å². The van der Waals surface area contributed by atoms with Gasteiger partial charge in [0.05, 0.1) is 0 Å². The standard InChI is InChI=1S/C28H42O/c1-18(2)19(3)7-8-20(4)24-11-12-25-23-10-9-21-17-22(29)13-15-27(21,5)26(23)14-16-28(24,25)6/h7-8,10,17-20,24-26H,9,11-16H2,1-6H3/b8-7+/t19-,20+,24+,25-,26-,27-,28+/m0/s1. The Hall–Kier alpha value is -1.11. The van der Waals surface area contributed by atoms with Crippen LogP contribution < -0.4 is 0 Å². The van der Waals surface area contributed by atoms with Crippen LogP contribution in [0.1, 0.15) is 86.5 Å². The predicted molar refractivity (Wildman–Crippen MR) is 122 cm³/mol. The largest absolute Gasteiger partial charge is 0.295 e. The Labute approximate surface area is 179 Å². The van der Waals surface area contributed by atoms with Gasteiger partial charge < -0.3 is 0 Å². The normalized spacial score (nSPS) is 41.5. The van der Waals surface area contributed by atoms with Crippen LogP contribution in [0.25, 0.3) is 0 Å². The molecule has 0 aliphatic heterocycles. The first kappa shape index (κ1) is 21.1. The Morgan fingerprint density at radius 3 is 2.48 bits per heavy atom. The minimum Gasteiger partial charge on any atom is -0.295 e. The van der Waals surface area contributed by atoms with Crippen molar-refractivity contribution in [3.05, 3.63) is 35.5 Å². The van der Waals surface area contributed by atoms with Gasteiger partial charge in [0.1, 0.15) is 0 Å². The Bertz CT molecular complexity index is 752. The molecule has 1 heteroatoms. The summed E-state index contributed by atoms with van der Waals surface area (Å²) in [5.74, 6) is 4.66. The van der Waals surface area contributed by atoms with Crippen LogP contribution in [0.3, 0.4) is 0 Å². The van der Waals surface area contributed by atoms with Gasteiger partial charge in [-0.1, -0.05) is 70.9 Å². The lowest BCUT2D eigenvalue weighted by Gasteiger charge is -2.54. The van der Waals surface area contributed by atoms with E-state index in [1.54, 1.807) is 5.57 Å². The lowest BCUT2D eigenvalue weighted by Crippen LogP contribution is -2.46. The van der Waals surface area contributed by atoms with Gasteiger partial charge in [-0.2, -0.15) is 0 Å². The van der Waals surface area contributed by atoms with Gasteiger partial charge in [0.2, 0.25) is 0 Å². The van der Waals surface area contributed by atoms with Crippen molar-refractivity contribution in [3.63, 3.8) is 0 Å². The average molecular weight is 395 g/mol. The van der Waals surface area contributed by atoms with Crippen molar-refractivity contribution in [3.8, 4) is 0 Å². The number of carbonyl (C=O) groups is 1. The predicted octanol–water partition coefficient (Wildman–Crippen LogP) is 7.54. The number of ketones is 1. The summed E-state index contributed by atoms with van der Waals surface area (Å²) in [6.07, 6.45) is 17.9. The first-order valence-corrected chi connectivity index (χ1v) is 12.3. The highest BCUT2D eigenvalue weighted by Crippen LogP contribution is 2.66. The highest BCUT2D eigenvalue weighted by Gasteiger charge is 2.56. The van der Waals surface area contributed by atoms with Gasteiger partial charge in [-0.25, -0.2) is 0 Å². The third-order valence-electron chi connectivity index (χ3n) is 9.88. The zero-order chi connectivity index (χ0) is 21.0. The van der Waals surface area contributed by atoms with Crippen LogP contribution in [-0.2, 0) is 4.79 Å². The van der Waals surface area contributed by atoms with E-state index in [2.05, 4.69) is 59.8 Å². The van der Waals surface area contributed by atoms with E-state index in [9.17, 15) is 4.79 Å². The Morgan fingerprint density at radius 1 is 1.00 bits per heavy atom. The van der Waals surface area contributed by atoms with E-state index in [-0.39, 0.29) is 5.41 Å². The third-order valence-corrected chi connectivity index (χ3v) is 9.88. The van der Waals surface area contributed by atoms with Crippen molar-refractivity contribution in [2.75, 3.05) is 0 Å². The van der Waals surface area contributed by atoms with Crippen LogP contribution in [0.15, 0.2) is 35.5 Å². The van der Waals surface area contributed by atoms with Crippen LogP contribution in [0.2, 0.25) is 0 Å². The molecule has 4 rings (SSSR count). The molecule has 4 aliphatic carbocycles. The minimum atomic E-state index is 0.246. The van der Waals surface area contributed by atoms with Gasteiger partial charge >= 0.3 is 0 Å². The molecule has 0 N–H and O–H groups in total. The van der Waals surface area contributed by atoms with Gasteiger partial charge in [-0.05, 0) is 90.9 Å². The Morgan fingerprint density at radius 2 is 1.76 bits per heavy atom. The maximum Gasteiger partial charge on any atom is 0.155 e. The molecule has 0 amide bonds. The zero-order valence-corrected chi connectivity index (χ0v) is 19.6. The fourth-order valence-corrected chi connectivity index (χ4v) is 7.47. The van der Waals surface area contributed by atoms with Crippen LogP contribution >= 0.6 is 0 Å². The Balaban J connectivity index is 1.57. The van der Waals surface area contributed by atoms with Crippen LogP contribution in [-0.4, -0.2) is 5.78 Å². The van der Waals surface area contributed by atoms with Crippen molar-refractivity contribution in [2.45, 2.75) is 86.5 Å². The van der Waals surface area contributed by atoms with Crippen molar-refractivity contribution in [1.29, 1.82) is 0 Å². The molecule has 160 valence electrons. The summed E-state index contributed by atoms with van der Waals surface area (Å²) >= 11 is 0. The molecule has 0 heterocycles. The van der Waals surface area contributed by atoms with E-state index >= 15 is 0 Å². The molecule has 0 radical (unpaired) electrons. The van der Waals surface area contributed by atoms with Crippen molar-refractivity contribution < 1.29 is 4.79 Å². The molecule has 0 aromatic carbocycles. The number of fused-ring (bicyclic) bond motifs is 5. The summed E-state index contributed by atoms with van der Waals surface area (Å²) in [5, 5.41) is 0. The fourth-order valence-electron chi connectivity index (χ4n) is 7.47. The Kier molecular flexibility index (Phi) is 5.50. The van der Waals surface area contributed by atoms with Gasteiger partial charge in [0, 0.05) is 6.42 Å². The molecule has 0 unspecified atom stereocenters. The highest BCUT2D eigenvalue weighted by atomic mass is 16.1. The summed E-state index contributed by atoms with van der Waals surface area (Å²) in [7, 11) is 0. The third kappa shape index (κ3) is 3.41. The van der Waals surface area contributed by atoms with Crippen molar-refractivity contribution >= 4 is 5.78 Å². The summed E-state index contributed by atoms with van der Waals surface area (Å²) in [5.41, 5.74) is 3.91.